The Balaban J connectivity index is 2.11. The molecule has 1 aliphatic carbocycles. The van der Waals surface area contributed by atoms with Gasteiger partial charge in [-0.05, 0) is 32.1 Å². The van der Waals surface area contributed by atoms with Crippen molar-refractivity contribution in [1.82, 2.24) is 10.6 Å². The Labute approximate surface area is 115 Å². The number of hydrogen-bond acceptors (Lipinski definition) is 3. The van der Waals surface area contributed by atoms with Gasteiger partial charge in [-0.2, -0.15) is 0 Å². The van der Waals surface area contributed by atoms with Gasteiger partial charge in [0.2, 0.25) is 11.8 Å². The van der Waals surface area contributed by atoms with Gasteiger partial charge >= 0.3 is 0 Å². The zero-order valence-electron chi connectivity index (χ0n) is 12.1. The molecule has 0 heterocycles. The third-order valence-corrected chi connectivity index (χ3v) is 3.86. The Morgan fingerprint density at radius 2 is 2.05 bits per heavy atom. The topological polar surface area (TPSA) is 84.2 Å². The molecule has 5 nitrogen and oxygen atoms in total. The molecule has 0 aromatic carbocycles. The van der Waals surface area contributed by atoms with E-state index >= 15 is 0 Å². The molecule has 1 unspecified atom stereocenters. The van der Waals surface area contributed by atoms with Gasteiger partial charge < -0.3 is 16.4 Å². The van der Waals surface area contributed by atoms with Crippen molar-refractivity contribution >= 4 is 11.8 Å². The average molecular weight is 269 g/mol. The van der Waals surface area contributed by atoms with Gasteiger partial charge in [-0.3, -0.25) is 9.59 Å². The second-order valence-electron chi connectivity index (χ2n) is 5.54. The van der Waals surface area contributed by atoms with Crippen LogP contribution in [-0.4, -0.2) is 30.4 Å². The molecule has 0 aromatic heterocycles. The summed E-state index contributed by atoms with van der Waals surface area (Å²) in [6, 6.07) is 0.360. The lowest BCUT2D eigenvalue weighted by atomic mass is 10.00. The molecule has 0 aromatic rings. The summed E-state index contributed by atoms with van der Waals surface area (Å²) < 4.78 is 0. The fourth-order valence-corrected chi connectivity index (χ4v) is 2.39. The summed E-state index contributed by atoms with van der Waals surface area (Å²) in [6.07, 6.45) is 4.94. The van der Waals surface area contributed by atoms with E-state index in [1.807, 2.05) is 13.8 Å². The van der Waals surface area contributed by atoms with Crippen molar-refractivity contribution in [3.63, 3.8) is 0 Å². The minimum atomic E-state index is -0.00721. The first kappa shape index (κ1) is 16.0. The minimum absolute atomic E-state index is 0.00721. The van der Waals surface area contributed by atoms with Crippen LogP contribution in [0, 0.1) is 5.92 Å². The summed E-state index contributed by atoms with van der Waals surface area (Å²) in [5.74, 6) is 0.319. The van der Waals surface area contributed by atoms with Crippen molar-refractivity contribution in [1.29, 1.82) is 0 Å². The summed E-state index contributed by atoms with van der Waals surface area (Å²) >= 11 is 0. The first-order valence-corrected chi connectivity index (χ1v) is 7.34. The van der Waals surface area contributed by atoms with Crippen LogP contribution in [0.3, 0.4) is 0 Å². The van der Waals surface area contributed by atoms with Crippen molar-refractivity contribution < 1.29 is 9.59 Å². The predicted molar refractivity (Wildman–Crippen MR) is 75.5 cm³/mol. The molecule has 0 radical (unpaired) electrons. The number of amides is 2. The van der Waals surface area contributed by atoms with Crippen molar-refractivity contribution in [2.24, 2.45) is 11.7 Å². The summed E-state index contributed by atoms with van der Waals surface area (Å²) in [6.45, 7) is 4.40. The molecule has 1 fully saturated rings. The lowest BCUT2D eigenvalue weighted by molar-refractivity contribution is -0.123. The summed E-state index contributed by atoms with van der Waals surface area (Å²) in [4.78, 5) is 23.2. The zero-order chi connectivity index (χ0) is 14.3. The Morgan fingerprint density at radius 1 is 1.32 bits per heavy atom. The normalized spacial score (nSPS) is 23.9. The molecule has 0 spiro atoms. The van der Waals surface area contributed by atoms with Gasteiger partial charge in [-0.25, -0.2) is 0 Å². The molecule has 110 valence electrons. The third kappa shape index (κ3) is 6.05. The second-order valence-corrected chi connectivity index (χ2v) is 5.54. The third-order valence-electron chi connectivity index (χ3n) is 3.86. The molecule has 1 aliphatic rings. The molecule has 19 heavy (non-hydrogen) atoms. The highest BCUT2D eigenvalue weighted by Crippen LogP contribution is 2.26. The summed E-state index contributed by atoms with van der Waals surface area (Å²) in [5, 5.41) is 5.67. The highest BCUT2D eigenvalue weighted by atomic mass is 16.2. The van der Waals surface area contributed by atoms with Gasteiger partial charge in [0.15, 0.2) is 0 Å². The molecular weight excluding hydrogens is 242 g/mol. The first-order chi connectivity index (χ1) is 9.02. The minimum Gasteiger partial charge on any atom is -0.356 e. The van der Waals surface area contributed by atoms with Crippen LogP contribution < -0.4 is 16.4 Å². The van der Waals surface area contributed by atoms with Crippen LogP contribution in [0.1, 0.15) is 52.4 Å². The van der Waals surface area contributed by atoms with Gasteiger partial charge in [-0.1, -0.05) is 13.3 Å². The van der Waals surface area contributed by atoms with E-state index in [0.29, 0.717) is 25.3 Å². The lowest BCUT2D eigenvalue weighted by Crippen LogP contribution is -2.36. The van der Waals surface area contributed by atoms with Gasteiger partial charge in [0, 0.05) is 31.5 Å². The van der Waals surface area contributed by atoms with E-state index in [2.05, 4.69) is 10.6 Å². The van der Waals surface area contributed by atoms with Gasteiger partial charge in [0.1, 0.15) is 0 Å². The van der Waals surface area contributed by atoms with Crippen LogP contribution in [-0.2, 0) is 9.59 Å². The number of carbonyl (C=O) groups excluding carboxylic acids is 2. The SMILES string of the molecule is CCC(C)NC(=O)CCNC(=O)C[C@@H]1CCC[C@H]1N. The maximum atomic E-state index is 11.7. The van der Waals surface area contributed by atoms with E-state index in [1.165, 1.54) is 0 Å². The monoisotopic (exact) mass is 269 g/mol. The van der Waals surface area contributed by atoms with Crippen molar-refractivity contribution in [2.75, 3.05) is 6.54 Å². The van der Waals surface area contributed by atoms with Gasteiger partial charge in [0.05, 0.1) is 0 Å². The number of nitrogens with two attached hydrogens (primary N) is 1. The predicted octanol–water partition coefficient (Wildman–Crippen LogP) is 0.925. The number of carbonyl (C=O) groups is 2. The summed E-state index contributed by atoms with van der Waals surface area (Å²) in [7, 11) is 0. The molecule has 0 saturated heterocycles. The first-order valence-electron chi connectivity index (χ1n) is 7.34. The highest BCUT2D eigenvalue weighted by molar-refractivity contribution is 5.79. The van der Waals surface area contributed by atoms with E-state index in [9.17, 15) is 9.59 Å². The lowest BCUT2D eigenvalue weighted by Gasteiger charge is -2.15. The Bertz CT molecular complexity index is 307. The molecule has 5 heteroatoms. The van der Waals surface area contributed by atoms with Crippen LogP contribution >= 0.6 is 0 Å². The maximum absolute atomic E-state index is 11.7. The number of rotatable bonds is 7. The molecule has 1 rings (SSSR count). The fourth-order valence-electron chi connectivity index (χ4n) is 2.39. The van der Waals surface area contributed by atoms with E-state index in [-0.39, 0.29) is 23.9 Å². The molecule has 1 saturated carbocycles. The maximum Gasteiger partial charge on any atom is 0.221 e. The molecule has 2 amide bonds. The average Bonchev–Trinajstić information content (AvgIpc) is 2.74. The van der Waals surface area contributed by atoms with Gasteiger partial charge in [-0.15, -0.1) is 0 Å². The zero-order valence-corrected chi connectivity index (χ0v) is 12.1. The van der Waals surface area contributed by atoms with Crippen LogP contribution in [0.15, 0.2) is 0 Å². The Kier molecular flexibility index (Phi) is 6.84. The molecule has 0 aliphatic heterocycles. The second kappa shape index (κ2) is 8.15. The molecular formula is C14H27N3O2. The van der Waals surface area contributed by atoms with Crippen molar-refractivity contribution in [2.45, 2.75) is 64.5 Å². The van der Waals surface area contributed by atoms with Crippen LogP contribution in [0.4, 0.5) is 0 Å². The number of hydrogen-bond donors (Lipinski definition) is 3. The van der Waals surface area contributed by atoms with Crippen LogP contribution in [0.5, 0.6) is 0 Å². The van der Waals surface area contributed by atoms with Gasteiger partial charge in [0.25, 0.3) is 0 Å². The van der Waals surface area contributed by atoms with Crippen molar-refractivity contribution in [3.8, 4) is 0 Å². The van der Waals surface area contributed by atoms with E-state index in [0.717, 1.165) is 25.7 Å². The highest BCUT2D eigenvalue weighted by Gasteiger charge is 2.25. The Morgan fingerprint density at radius 3 is 2.63 bits per heavy atom. The standard InChI is InChI=1S/C14H27N3O2/c1-3-10(2)17-13(18)7-8-16-14(19)9-11-5-4-6-12(11)15/h10-12H,3-9,15H2,1-2H3,(H,16,19)(H,17,18)/t10?,11-,12+/m0/s1. The van der Waals surface area contributed by atoms with Crippen LogP contribution in [0.25, 0.3) is 0 Å². The summed E-state index contributed by atoms with van der Waals surface area (Å²) in [5.41, 5.74) is 5.93. The quantitative estimate of drug-likeness (QED) is 0.642. The van der Waals surface area contributed by atoms with E-state index in [4.69, 9.17) is 5.73 Å². The molecule has 4 N–H and O–H groups in total. The Hall–Kier alpha value is -1.10. The van der Waals surface area contributed by atoms with E-state index < -0.39 is 0 Å². The molecule has 3 atom stereocenters. The smallest absolute Gasteiger partial charge is 0.221 e. The largest absolute Gasteiger partial charge is 0.356 e. The number of nitrogens with one attached hydrogen (secondary N) is 2. The fraction of sp³-hybridized carbons (Fsp3) is 0.857. The van der Waals surface area contributed by atoms with Crippen LogP contribution in [0.2, 0.25) is 0 Å². The van der Waals surface area contributed by atoms with Crippen molar-refractivity contribution in [3.05, 3.63) is 0 Å². The van der Waals surface area contributed by atoms with E-state index in [1.54, 1.807) is 0 Å². The molecule has 0 bridgehead atoms.